The fourth-order valence-corrected chi connectivity index (χ4v) is 1.93. The first-order chi connectivity index (χ1) is 9.24. The zero-order valence-corrected chi connectivity index (χ0v) is 9.92. The van der Waals surface area contributed by atoms with Crippen molar-refractivity contribution in [3.05, 3.63) is 72.7 Å². The SMILES string of the molecule is Fc1ccc(-c2ccn(-c3ccccn3)c2)c(F)c1. The largest absolute Gasteiger partial charge is 0.308 e. The third kappa shape index (κ3) is 2.25. The molecular weight excluding hydrogens is 246 g/mol. The van der Waals surface area contributed by atoms with Crippen LogP contribution in [0.5, 0.6) is 0 Å². The molecule has 0 aliphatic heterocycles. The van der Waals surface area contributed by atoms with E-state index in [1.165, 1.54) is 12.1 Å². The molecule has 0 saturated carbocycles. The van der Waals surface area contributed by atoms with E-state index >= 15 is 0 Å². The van der Waals surface area contributed by atoms with Crippen LogP contribution in [0.4, 0.5) is 8.78 Å². The molecule has 1 aromatic carbocycles. The van der Waals surface area contributed by atoms with Crippen LogP contribution in [-0.4, -0.2) is 9.55 Å². The molecular formula is C15H10F2N2. The summed E-state index contributed by atoms with van der Waals surface area (Å²) in [5.41, 5.74) is 1.05. The molecule has 4 heteroatoms. The van der Waals surface area contributed by atoms with E-state index in [9.17, 15) is 8.78 Å². The number of hydrogen-bond donors (Lipinski definition) is 0. The minimum absolute atomic E-state index is 0.371. The third-order valence-electron chi connectivity index (χ3n) is 2.85. The average molecular weight is 256 g/mol. The Bertz CT molecular complexity index is 705. The maximum absolute atomic E-state index is 13.7. The van der Waals surface area contributed by atoms with Crippen LogP contribution in [0, 0.1) is 11.6 Å². The Balaban J connectivity index is 2.02. The minimum Gasteiger partial charge on any atom is -0.308 e. The molecule has 19 heavy (non-hydrogen) atoms. The Labute approximate surface area is 109 Å². The Hall–Kier alpha value is -2.49. The summed E-state index contributed by atoms with van der Waals surface area (Å²) < 4.78 is 28.4. The molecule has 0 fully saturated rings. The Morgan fingerprint density at radius 1 is 1.00 bits per heavy atom. The molecule has 0 spiro atoms. The highest BCUT2D eigenvalue weighted by molar-refractivity contribution is 5.64. The van der Waals surface area contributed by atoms with Crippen LogP contribution in [0.25, 0.3) is 16.9 Å². The predicted octanol–water partition coefficient (Wildman–Crippen LogP) is 3.82. The number of rotatable bonds is 2. The van der Waals surface area contributed by atoms with Gasteiger partial charge in [-0.2, -0.15) is 0 Å². The fourth-order valence-electron chi connectivity index (χ4n) is 1.93. The molecule has 3 aromatic rings. The number of hydrogen-bond acceptors (Lipinski definition) is 1. The van der Waals surface area contributed by atoms with Crippen molar-refractivity contribution in [2.75, 3.05) is 0 Å². The van der Waals surface area contributed by atoms with Crippen LogP contribution in [0.3, 0.4) is 0 Å². The van der Waals surface area contributed by atoms with E-state index in [0.29, 0.717) is 11.1 Å². The summed E-state index contributed by atoms with van der Waals surface area (Å²) in [7, 11) is 0. The van der Waals surface area contributed by atoms with Gasteiger partial charge in [0.1, 0.15) is 17.5 Å². The number of pyridine rings is 1. The lowest BCUT2D eigenvalue weighted by Crippen LogP contribution is -1.92. The van der Waals surface area contributed by atoms with Gasteiger partial charge in [0.25, 0.3) is 0 Å². The van der Waals surface area contributed by atoms with Gasteiger partial charge in [-0.1, -0.05) is 6.07 Å². The van der Waals surface area contributed by atoms with Gasteiger partial charge in [-0.3, -0.25) is 0 Å². The molecule has 0 radical (unpaired) electrons. The molecule has 2 nitrogen and oxygen atoms in total. The van der Waals surface area contributed by atoms with Crippen LogP contribution in [0.1, 0.15) is 0 Å². The summed E-state index contributed by atoms with van der Waals surface area (Å²) in [5, 5.41) is 0. The van der Waals surface area contributed by atoms with Crippen molar-refractivity contribution in [1.82, 2.24) is 9.55 Å². The van der Waals surface area contributed by atoms with Crippen molar-refractivity contribution in [3.8, 4) is 16.9 Å². The van der Waals surface area contributed by atoms with Crippen molar-refractivity contribution < 1.29 is 8.78 Å². The number of halogens is 2. The van der Waals surface area contributed by atoms with Crippen LogP contribution in [-0.2, 0) is 0 Å². The van der Waals surface area contributed by atoms with Gasteiger partial charge in [-0.15, -0.1) is 0 Å². The summed E-state index contributed by atoms with van der Waals surface area (Å²) in [5.74, 6) is -0.402. The van der Waals surface area contributed by atoms with E-state index in [1.807, 2.05) is 18.2 Å². The molecule has 0 bridgehead atoms. The lowest BCUT2D eigenvalue weighted by atomic mass is 10.1. The summed E-state index contributed by atoms with van der Waals surface area (Å²) in [6, 6.07) is 10.9. The maximum Gasteiger partial charge on any atom is 0.136 e. The molecule has 0 aliphatic rings. The number of aromatic nitrogens is 2. The second-order valence-corrected chi connectivity index (χ2v) is 4.12. The van der Waals surface area contributed by atoms with E-state index < -0.39 is 11.6 Å². The topological polar surface area (TPSA) is 17.8 Å². The second-order valence-electron chi connectivity index (χ2n) is 4.12. The quantitative estimate of drug-likeness (QED) is 0.681. The van der Waals surface area contributed by atoms with Crippen LogP contribution in [0.15, 0.2) is 61.1 Å². The summed E-state index contributed by atoms with van der Waals surface area (Å²) >= 11 is 0. The third-order valence-corrected chi connectivity index (χ3v) is 2.85. The summed E-state index contributed by atoms with van der Waals surface area (Å²) in [4.78, 5) is 4.20. The molecule has 0 N–H and O–H groups in total. The zero-order chi connectivity index (χ0) is 13.2. The van der Waals surface area contributed by atoms with E-state index in [2.05, 4.69) is 4.98 Å². The molecule has 0 amide bonds. The van der Waals surface area contributed by atoms with E-state index in [1.54, 1.807) is 29.2 Å². The van der Waals surface area contributed by atoms with Crippen LogP contribution in [0.2, 0.25) is 0 Å². The van der Waals surface area contributed by atoms with E-state index in [4.69, 9.17) is 0 Å². The van der Waals surface area contributed by atoms with Gasteiger partial charge >= 0.3 is 0 Å². The molecule has 2 aromatic heterocycles. The van der Waals surface area contributed by atoms with Crippen molar-refractivity contribution in [1.29, 1.82) is 0 Å². The van der Waals surface area contributed by atoms with Crippen molar-refractivity contribution in [2.45, 2.75) is 0 Å². The smallest absolute Gasteiger partial charge is 0.136 e. The number of nitrogens with zero attached hydrogens (tertiary/aromatic N) is 2. The maximum atomic E-state index is 13.7. The van der Waals surface area contributed by atoms with E-state index in [-0.39, 0.29) is 0 Å². The standard InChI is InChI=1S/C15H10F2N2/c16-12-4-5-13(14(17)9-12)11-6-8-19(10-11)15-3-1-2-7-18-15/h1-10H. The van der Waals surface area contributed by atoms with E-state index in [0.717, 1.165) is 11.9 Å². The molecule has 94 valence electrons. The van der Waals surface area contributed by atoms with Gasteiger partial charge in [0.05, 0.1) is 0 Å². The summed E-state index contributed by atoms with van der Waals surface area (Å²) in [6.07, 6.45) is 5.24. The average Bonchev–Trinajstić information content (AvgIpc) is 2.89. The first-order valence-corrected chi connectivity index (χ1v) is 5.79. The zero-order valence-electron chi connectivity index (χ0n) is 9.92. The molecule has 2 heterocycles. The first kappa shape index (κ1) is 11.6. The first-order valence-electron chi connectivity index (χ1n) is 5.79. The van der Waals surface area contributed by atoms with Gasteiger partial charge in [0, 0.05) is 35.8 Å². The molecule has 0 aliphatic carbocycles. The lowest BCUT2D eigenvalue weighted by molar-refractivity contribution is 0.585. The van der Waals surface area contributed by atoms with Gasteiger partial charge in [0.15, 0.2) is 0 Å². The van der Waals surface area contributed by atoms with Gasteiger partial charge in [-0.05, 0) is 30.3 Å². The number of benzene rings is 1. The Morgan fingerprint density at radius 3 is 2.63 bits per heavy atom. The monoisotopic (exact) mass is 256 g/mol. The van der Waals surface area contributed by atoms with Crippen molar-refractivity contribution in [3.63, 3.8) is 0 Å². The summed E-state index contributed by atoms with van der Waals surface area (Å²) in [6.45, 7) is 0. The van der Waals surface area contributed by atoms with Crippen molar-refractivity contribution in [2.24, 2.45) is 0 Å². The molecule has 0 atom stereocenters. The van der Waals surface area contributed by atoms with Gasteiger partial charge in [-0.25, -0.2) is 13.8 Å². The van der Waals surface area contributed by atoms with Gasteiger partial charge in [0.2, 0.25) is 0 Å². The minimum atomic E-state index is -0.578. The Morgan fingerprint density at radius 2 is 1.89 bits per heavy atom. The van der Waals surface area contributed by atoms with Crippen LogP contribution >= 0.6 is 0 Å². The van der Waals surface area contributed by atoms with Crippen molar-refractivity contribution >= 4 is 0 Å². The molecule has 0 unspecified atom stereocenters. The predicted molar refractivity (Wildman–Crippen MR) is 68.9 cm³/mol. The highest BCUT2D eigenvalue weighted by Gasteiger charge is 2.08. The van der Waals surface area contributed by atoms with Gasteiger partial charge < -0.3 is 4.57 Å². The highest BCUT2D eigenvalue weighted by atomic mass is 19.1. The molecule has 0 saturated heterocycles. The van der Waals surface area contributed by atoms with Crippen LogP contribution < -0.4 is 0 Å². The second kappa shape index (κ2) is 4.65. The Kier molecular flexibility index (Phi) is 2.83. The normalized spacial score (nSPS) is 10.6. The molecule has 3 rings (SSSR count). The lowest BCUT2D eigenvalue weighted by Gasteiger charge is -2.01. The highest BCUT2D eigenvalue weighted by Crippen LogP contribution is 2.24. The fraction of sp³-hybridized carbons (Fsp3) is 0.